The summed E-state index contributed by atoms with van der Waals surface area (Å²) in [5, 5.41) is 3.91. The Morgan fingerprint density at radius 2 is 1.86 bits per heavy atom. The van der Waals surface area contributed by atoms with Crippen LogP contribution in [0, 0.1) is 0 Å². The van der Waals surface area contributed by atoms with Crippen LogP contribution in [0.1, 0.15) is 44.4 Å². The lowest BCUT2D eigenvalue weighted by atomic mass is 9.92. The Morgan fingerprint density at radius 1 is 1.28 bits per heavy atom. The summed E-state index contributed by atoms with van der Waals surface area (Å²) in [5.74, 6) is -1.30. The van der Waals surface area contributed by atoms with Crippen LogP contribution >= 0.6 is 0 Å². The third-order valence-electron chi connectivity index (χ3n) is 5.47. The number of halogens is 3. The van der Waals surface area contributed by atoms with Crippen LogP contribution in [-0.2, 0) is 15.6 Å². The number of primary amides is 1. The van der Waals surface area contributed by atoms with Crippen LogP contribution in [0.4, 0.5) is 13.2 Å². The summed E-state index contributed by atoms with van der Waals surface area (Å²) in [4.78, 5) is 9.12. The fourth-order valence-electron chi connectivity index (χ4n) is 2.66. The number of nitrogens with one attached hydrogen (secondary N) is 1. The Morgan fingerprint density at radius 3 is 2.34 bits per heavy atom. The number of carbonyl (C=O) groups excluding carboxylic acids is 1. The van der Waals surface area contributed by atoms with Crippen molar-refractivity contribution >= 4 is 14.2 Å². The van der Waals surface area contributed by atoms with E-state index >= 15 is 0 Å². The van der Waals surface area contributed by atoms with Crippen LogP contribution in [0.5, 0.6) is 5.75 Å². The number of alkyl halides is 3. The van der Waals surface area contributed by atoms with E-state index in [1.165, 1.54) is 11.1 Å². The molecule has 166 valence electrons. The van der Waals surface area contributed by atoms with Gasteiger partial charge in [0.05, 0.1) is 7.11 Å². The van der Waals surface area contributed by atoms with Gasteiger partial charge in [-0.2, -0.15) is 13.2 Å². The van der Waals surface area contributed by atoms with Gasteiger partial charge in [0, 0.05) is 12.6 Å². The average Bonchev–Trinajstić information content (AvgIpc) is 2.60. The highest BCUT2D eigenvalue weighted by atomic mass is 28.4. The molecule has 0 saturated carbocycles. The topological polar surface area (TPSA) is 73.6 Å². The van der Waals surface area contributed by atoms with Gasteiger partial charge in [-0.25, -0.2) is 0 Å². The molecule has 5 nitrogen and oxygen atoms in total. The number of benzene rings is 1. The predicted molar refractivity (Wildman–Crippen MR) is 110 cm³/mol. The summed E-state index contributed by atoms with van der Waals surface area (Å²) in [6.45, 7) is 13.4. The van der Waals surface area contributed by atoms with E-state index < -0.39 is 20.4 Å². The van der Waals surface area contributed by atoms with Crippen LogP contribution in [-0.4, -0.2) is 40.7 Å². The minimum Gasteiger partial charge on any atom is -0.497 e. The highest BCUT2D eigenvalue weighted by Gasteiger charge is 2.37. The number of fused-ring (bicyclic) bond motifs is 1. The Hall–Kier alpha value is -1.58. The number of hydrogen-bond donors (Lipinski definition) is 2. The molecule has 0 radical (unpaired) electrons. The van der Waals surface area contributed by atoms with Gasteiger partial charge in [0.15, 0.2) is 8.32 Å². The van der Waals surface area contributed by atoms with Gasteiger partial charge < -0.3 is 20.2 Å². The minimum absolute atomic E-state index is 0.276. The molecular formula is C20H33F3N2O3Si. The summed E-state index contributed by atoms with van der Waals surface area (Å²) in [7, 11) is 0.0860. The number of nitrogens with two attached hydrogens (primary N) is 1. The van der Waals surface area contributed by atoms with Gasteiger partial charge in [-0.15, -0.1) is 0 Å². The van der Waals surface area contributed by atoms with E-state index in [-0.39, 0.29) is 5.04 Å². The van der Waals surface area contributed by atoms with E-state index in [1.807, 2.05) is 0 Å². The predicted octanol–water partition coefficient (Wildman–Crippen LogP) is 4.33. The fraction of sp³-hybridized carbons (Fsp3) is 0.650. The molecule has 0 fully saturated rings. The van der Waals surface area contributed by atoms with E-state index in [4.69, 9.17) is 14.0 Å². The van der Waals surface area contributed by atoms with Gasteiger partial charge in [0.25, 0.3) is 0 Å². The largest absolute Gasteiger partial charge is 0.497 e. The maximum Gasteiger partial charge on any atom is 0.470 e. The Kier molecular flexibility index (Phi) is 8.73. The highest BCUT2D eigenvalue weighted by molar-refractivity contribution is 6.74. The minimum atomic E-state index is -4.86. The van der Waals surface area contributed by atoms with Crippen molar-refractivity contribution in [2.45, 2.75) is 64.0 Å². The molecule has 1 aliphatic rings. The van der Waals surface area contributed by atoms with Gasteiger partial charge in [0.1, 0.15) is 5.75 Å². The van der Waals surface area contributed by atoms with E-state index in [0.717, 1.165) is 31.7 Å². The molecule has 0 aromatic heterocycles. The van der Waals surface area contributed by atoms with Crippen LogP contribution in [0.15, 0.2) is 18.2 Å². The monoisotopic (exact) mass is 434 g/mol. The van der Waals surface area contributed by atoms with Crippen molar-refractivity contribution < 1.29 is 27.1 Å². The smallest absolute Gasteiger partial charge is 0.470 e. The SMILES string of the molecule is COc1ccc2c(c1)CCN[C@@H]2CCO[Si](C)(C)C(C)(C)C.NC(=O)C(F)(F)F. The van der Waals surface area contributed by atoms with Gasteiger partial charge in [-0.3, -0.25) is 4.79 Å². The number of methoxy groups -OCH3 is 1. The second kappa shape index (κ2) is 9.95. The van der Waals surface area contributed by atoms with Crippen molar-refractivity contribution in [3.05, 3.63) is 29.3 Å². The van der Waals surface area contributed by atoms with Gasteiger partial charge in [-0.1, -0.05) is 26.8 Å². The lowest BCUT2D eigenvalue weighted by molar-refractivity contribution is -0.169. The van der Waals surface area contributed by atoms with Crippen molar-refractivity contribution in [1.82, 2.24) is 5.32 Å². The number of hydrogen-bond acceptors (Lipinski definition) is 4. The van der Waals surface area contributed by atoms with Gasteiger partial charge in [-0.05, 0) is 60.8 Å². The molecule has 3 N–H and O–H groups in total. The summed E-state index contributed by atoms with van der Waals surface area (Å²) in [6, 6.07) is 6.85. The average molecular weight is 435 g/mol. The molecule has 1 heterocycles. The molecule has 0 spiro atoms. The zero-order valence-electron chi connectivity index (χ0n) is 18.1. The van der Waals surface area contributed by atoms with Crippen molar-refractivity contribution in [2.75, 3.05) is 20.3 Å². The first-order valence-corrected chi connectivity index (χ1v) is 12.5. The molecule has 0 aliphatic carbocycles. The summed E-state index contributed by atoms with van der Waals surface area (Å²) < 4.78 is 43.8. The third kappa shape index (κ3) is 7.64. The highest BCUT2D eigenvalue weighted by Crippen LogP contribution is 2.37. The molecule has 1 atom stereocenters. The lowest BCUT2D eigenvalue weighted by Crippen LogP contribution is -2.41. The van der Waals surface area contributed by atoms with Crippen LogP contribution < -0.4 is 15.8 Å². The molecule has 9 heteroatoms. The maximum atomic E-state index is 10.7. The quantitative estimate of drug-likeness (QED) is 0.677. The Balaban J connectivity index is 0.000000516. The second-order valence-corrected chi connectivity index (χ2v) is 13.4. The number of amides is 1. The summed E-state index contributed by atoms with van der Waals surface area (Å²) in [5.41, 5.74) is 6.63. The first kappa shape index (κ1) is 25.5. The van der Waals surface area contributed by atoms with E-state index in [9.17, 15) is 13.2 Å². The maximum absolute atomic E-state index is 10.7. The molecule has 0 bridgehead atoms. The van der Waals surface area contributed by atoms with Gasteiger partial charge >= 0.3 is 12.1 Å². The second-order valence-electron chi connectivity index (χ2n) is 8.58. The summed E-state index contributed by atoms with van der Waals surface area (Å²) in [6.07, 6.45) is -2.75. The van der Waals surface area contributed by atoms with E-state index in [0.29, 0.717) is 6.04 Å². The number of rotatable bonds is 5. The molecule has 1 aromatic carbocycles. The zero-order chi connectivity index (χ0) is 22.5. The molecule has 2 rings (SSSR count). The fourth-order valence-corrected chi connectivity index (χ4v) is 3.72. The van der Waals surface area contributed by atoms with Gasteiger partial charge in [0.2, 0.25) is 0 Å². The molecule has 1 aliphatic heterocycles. The number of carbonyl (C=O) groups is 1. The van der Waals surface area contributed by atoms with E-state index in [1.54, 1.807) is 7.11 Å². The van der Waals surface area contributed by atoms with Crippen molar-refractivity contribution in [2.24, 2.45) is 5.73 Å². The van der Waals surface area contributed by atoms with E-state index in [2.05, 4.69) is 63.1 Å². The standard InChI is InChI=1S/C18H31NO2Si.C2H2F3NO/c1-18(2,3)22(5,6)21-12-10-17-16-8-7-15(20-4)13-14(16)9-11-19-17;3-2(4,5)1(6)7/h7-8,13,17,19H,9-12H2,1-6H3;(H2,6,7)/t17-;/m1./s1. The molecule has 0 saturated heterocycles. The lowest BCUT2D eigenvalue weighted by Gasteiger charge is -2.37. The van der Waals surface area contributed by atoms with Crippen LogP contribution in [0.3, 0.4) is 0 Å². The normalized spacial score (nSPS) is 17.1. The summed E-state index contributed by atoms with van der Waals surface area (Å²) >= 11 is 0. The first-order valence-electron chi connectivity index (χ1n) is 9.60. The molecular weight excluding hydrogens is 401 g/mol. The molecule has 1 amide bonds. The zero-order valence-corrected chi connectivity index (χ0v) is 19.1. The molecule has 0 unspecified atom stereocenters. The first-order chi connectivity index (χ1) is 13.2. The van der Waals surface area contributed by atoms with Crippen LogP contribution in [0.2, 0.25) is 18.1 Å². The van der Waals surface area contributed by atoms with Crippen molar-refractivity contribution in [1.29, 1.82) is 0 Å². The number of ether oxygens (including phenoxy) is 1. The molecule has 29 heavy (non-hydrogen) atoms. The Labute approximate surface area is 172 Å². The Bertz CT molecular complexity index is 689. The van der Waals surface area contributed by atoms with Crippen molar-refractivity contribution in [3.8, 4) is 5.75 Å². The van der Waals surface area contributed by atoms with Crippen molar-refractivity contribution in [3.63, 3.8) is 0 Å². The molecule has 1 aromatic rings. The van der Waals surface area contributed by atoms with Crippen LogP contribution in [0.25, 0.3) is 0 Å². The third-order valence-corrected chi connectivity index (χ3v) is 10.0.